The van der Waals surface area contributed by atoms with E-state index in [2.05, 4.69) is 20.7 Å². The third kappa shape index (κ3) is 6.23. The molecule has 0 bridgehead atoms. The fourth-order valence-corrected chi connectivity index (χ4v) is 3.07. The van der Waals surface area contributed by atoms with Crippen LogP contribution < -0.4 is 16.0 Å². The average molecular weight is 448 g/mol. The lowest BCUT2D eigenvalue weighted by molar-refractivity contribution is 0.0600. The summed E-state index contributed by atoms with van der Waals surface area (Å²) in [7, 11) is 1.27. The molecule has 8 heteroatoms. The smallest absolute Gasteiger partial charge is 0.337 e. The molecular weight excluding hydrogens is 426 g/mol. The van der Waals surface area contributed by atoms with E-state index in [1.807, 2.05) is 30.3 Å². The van der Waals surface area contributed by atoms with Crippen molar-refractivity contribution in [3.05, 3.63) is 101 Å². The van der Waals surface area contributed by atoms with E-state index in [1.54, 1.807) is 42.5 Å². The summed E-state index contributed by atoms with van der Waals surface area (Å²) in [6.07, 6.45) is 0. The first-order valence-electron chi connectivity index (χ1n) is 9.69. The minimum Gasteiger partial charge on any atom is -0.465 e. The number of ether oxygens (including phenoxy) is 1. The van der Waals surface area contributed by atoms with Crippen LogP contribution in [0.15, 0.2) is 78.9 Å². The highest BCUT2D eigenvalue weighted by Crippen LogP contribution is 2.12. The van der Waals surface area contributed by atoms with Gasteiger partial charge in [-0.25, -0.2) is 4.79 Å². The molecule has 0 aliphatic carbocycles. The van der Waals surface area contributed by atoms with Crippen LogP contribution in [0.5, 0.6) is 0 Å². The molecule has 0 heterocycles. The van der Waals surface area contributed by atoms with Crippen LogP contribution in [-0.4, -0.2) is 30.0 Å². The molecule has 2 amide bonds. The zero-order valence-electron chi connectivity index (χ0n) is 17.3. The first-order valence-corrected chi connectivity index (χ1v) is 10.1. The molecule has 3 aromatic rings. The van der Waals surface area contributed by atoms with E-state index in [4.69, 9.17) is 12.2 Å². The molecule has 0 aliphatic rings. The van der Waals surface area contributed by atoms with Crippen molar-refractivity contribution in [1.82, 2.24) is 10.6 Å². The van der Waals surface area contributed by atoms with Crippen molar-refractivity contribution >= 4 is 40.8 Å². The number of hydrogen-bond donors (Lipinski definition) is 3. The van der Waals surface area contributed by atoms with Crippen molar-refractivity contribution in [1.29, 1.82) is 0 Å². The quantitative estimate of drug-likeness (QED) is 0.395. The molecule has 7 nitrogen and oxygen atoms in total. The Morgan fingerprint density at radius 1 is 0.812 bits per heavy atom. The van der Waals surface area contributed by atoms with Gasteiger partial charge in [0, 0.05) is 23.4 Å². The molecule has 0 saturated carbocycles. The summed E-state index contributed by atoms with van der Waals surface area (Å²) in [5, 5.41) is 8.36. The summed E-state index contributed by atoms with van der Waals surface area (Å²) in [5.74, 6) is -1.25. The third-order valence-electron chi connectivity index (χ3n) is 4.45. The highest BCUT2D eigenvalue weighted by atomic mass is 32.1. The Balaban J connectivity index is 1.59. The minimum atomic E-state index is -0.539. The Labute approximate surface area is 190 Å². The number of carbonyl (C=O) groups is 3. The van der Waals surface area contributed by atoms with Gasteiger partial charge in [-0.1, -0.05) is 42.5 Å². The highest BCUT2D eigenvalue weighted by molar-refractivity contribution is 7.80. The van der Waals surface area contributed by atoms with Crippen LogP contribution in [0.1, 0.15) is 36.6 Å². The lowest BCUT2D eigenvalue weighted by atomic mass is 10.1. The molecule has 3 rings (SSSR count). The Kier molecular flexibility index (Phi) is 7.66. The Morgan fingerprint density at radius 2 is 1.47 bits per heavy atom. The van der Waals surface area contributed by atoms with Crippen LogP contribution in [0.25, 0.3) is 0 Å². The van der Waals surface area contributed by atoms with Crippen molar-refractivity contribution in [2.45, 2.75) is 6.54 Å². The molecule has 0 unspecified atom stereocenters. The summed E-state index contributed by atoms with van der Waals surface area (Å²) in [4.78, 5) is 36.5. The number of carbonyl (C=O) groups excluding carboxylic acids is 3. The topological polar surface area (TPSA) is 96.5 Å². The van der Waals surface area contributed by atoms with Crippen LogP contribution in [0.3, 0.4) is 0 Å². The summed E-state index contributed by atoms with van der Waals surface area (Å²) in [5.41, 5.74) is 2.51. The number of benzene rings is 3. The summed E-state index contributed by atoms with van der Waals surface area (Å²) in [6, 6.07) is 22.5. The maximum atomic E-state index is 12.5. The van der Waals surface area contributed by atoms with E-state index in [0.29, 0.717) is 17.8 Å². The molecule has 0 spiro atoms. The Hall–Kier alpha value is -4.04. The molecule has 0 radical (unpaired) electrons. The maximum absolute atomic E-state index is 12.5. The lowest BCUT2D eigenvalue weighted by Gasteiger charge is -2.11. The molecule has 32 heavy (non-hydrogen) atoms. The largest absolute Gasteiger partial charge is 0.465 e. The first kappa shape index (κ1) is 22.6. The molecule has 3 N–H and O–H groups in total. The third-order valence-corrected chi connectivity index (χ3v) is 4.66. The van der Waals surface area contributed by atoms with Gasteiger partial charge >= 0.3 is 5.97 Å². The number of hydrogen-bond acceptors (Lipinski definition) is 5. The van der Waals surface area contributed by atoms with E-state index in [9.17, 15) is 14.4 Å². The van der Waals surface area contributed by atoms with Crippen LogP contribution in [-0.2, 0) is 11.3 Å². The minimum absolute atomic E-state index is 0.0558. The fraction of sp³-hybridized carbons (Fsp3) is 0.0833. The molecule has 0 saturated heterocycles. The normalized spacial score (nSPS) is 10.0. The number of esters is 1. The van der Waals surface area contributed by atoms with Crippen molar-refractivity contribution in [2.75, 3.05) is 12.4 Å². The molecule has 0 fully saturated rings. The zero-order valence-corrected chi connectivity index (χ0v) is 18.1. The Morgan fingerprint density at radius 3 is 2.19 bits per heavy atom. The lowest BCUT2D eigenvalue weighted by Crippen LogP contribution is -2.34. The van der Waals surface area contributed by atoms with Crippen molar-refractivity contribution in [2.24, 2.45) is 0 Å². The van der Waals surface area contributed by atoms with Gasteiger partial charge < -0.3 is 15.4 Å². The molecule has 0 aromatic heterocycles. The van der Waals surface area contributed by atoms with Crippen LogP contribution in [0, 0.1) is 0 Å². The van der Waals surface area contributed by atoms with Crippen molar-refractivity contribution in [3.8, 4) is 0 Å². The molecule has 162 valence electrons. The predicted molar refractivity (Wildman–Crippen MR) is 126 cm³/mol. The number of methoxy groups -OCH3 is 1. The molecule has 0 atom stereocenters. The highest BCUT2D eigenvalue weighted by Gasteiger charge is 2.12. The SMILES string of the molecule is COC(=O)c1cccc(C(=O)NC(=S)Nc2cccc(C(=O)NCc3ccccc3)c2)c1. The number of nitrogens with one attached hydrogen (secondary N) is 3. The van der Waals surface area contributed by atoms with Gasteiger partial charge in [-0.2, -0.15) is 0 Å². The van der Waals surface area contributed by atoms with Crippen LogP contribution >= 0.6 is 12.2 Å². The monoisotopic (exact) mass is 447 g/mol. The standard InChI is InChI=1S/C24H21N3O4S/c1-31-23(30)19-11-5-9-17(13-19)22(29)27-24(32)26-20-12-6-10-18(14-20)21(28)25-15-16-7-3-2-4-8-16/h2-14H,15H2,1H3,(H,25,28)(H2,26,27,29,32). The van der Waals surface area contributed by atoms with E-state index in [1.165, 1.54) is 13.2 Å². The molecule has 3 aromatic carbocycles. The van der Waals surface area contributed by atoms with E-state index in [0.717, 1.165) is 5.56 Å². The van der Waals surface area contributed by atoms with Gasteiger partial charge in [0.2, 0.25) is 0 Å². The summed E-state index contributed by atoms with van der Waals surface area (Å²) in [6.45, 7) is 0.413. The fourth-order valence-electron chi connectivity index (χ4n) is 2.86. The van der Waals surface area contributed by atoms with Crippen LogP contribution in [0.2, 0.25) is 0 Å². The summed E-state index contributed by atoms with van der Waals surface area (Å²) >= 11 is 5.21. The summed E-state index contributed by atoms with van der Waals surface area (Å²) < 4.78 is 4.66. The number of amides is 2. The average Bonchev–Trinajstić information content (AvgIpc) is 2.82. The van der Waals surface area contributed by atoms with E-state index >= 15 is 0 Å². The van der Waals surface area contributed by atoms with Crippen molar-refractivity contribution < 1.29 is 19.1 Å². The van der Waals surface area contributed by atoms with Gasteiger partial charge in [0.1, 0.15) is 0 Å². The second-order valence-electron chi connectivity index (χ2n) is 6.73. The molecule has 0 aliphatic heterocycles. The van der Waals surface area contributed by atoms with Gasteiger partial charge in [-0.05, 0) is 54.2 Å². The van der Waals surface area contributed by atoms with E-state index in [-0.39, 0.29) is 22.1 Å². The second-order valence-corrected chi connectivity index (χ2v) is 7.14. The number of thiocarbonyl (C=S) groups is 1. The molecular formula is C24H21N3O4S. The second kappa shape index (κ2) is 10.8. The van der Waals surface area contributed by atoms with Gasteiger partial charge in [-0.15, -0.1) is 0 Å². The van der Waals surface area contributed by atoms with Crippen molar-refractivity contribution in [3.63, 3.8) is 0 Å². The maximum Gasteiger partial charge on any atom is 0.337 e. The number of anilines is 1. The zero-order chi connectivity index (χ0) is 22.9. The predicted octanol–water partition coefficient (Wildman–Crippen LogP) is 3.53. The van der Waals surface area contributed by atoms with Crippen LogP contribution in [0.4, 0.5) is 5.69 Å². The number of rotatable bonds is 6. The van der Waals surface area contributed by atoms with Gasteiger partial charge in [0.05, 0.1) is 12.7 Å². The van der Waals surface area contributed by atoms with Gasteiger partial charge in [-0.3, -0.25) is 14.9 Å². The van der Waals surface area contributed by atoms with Gasteiger partial charge in [0.15, 0.2) is 5.11 Å². The first-order chi connectivity index (χ1) is 15.5. The van der Waals surface area contributed by atoms with E-state index < -0.39 is 11.9 Å². The Bertz CT molecular complexity index is 1150. The van der Waals surface area contributed by atoms with Gasteiger partial charge in [0.25, 0.3) is 11.8 Å².